The van der Waals surface area contributed by atoms with Crippen molar-refractivity contribution in [2.24, 2.45) is 5.41 Å². The fourth-order valence-electron chi connectivity index (χ4n) is 3.41. The number of nitrogens with one attached hydrogen (secondary N) is 3. The lowest BCUT2D eigenvalue weighted by atomic mass is 9.70. The van der Waals surface area contributed by atoms with Crippen molar-refractivity contribution in [3.05, 3.63) is 47.7 Å². The molecule has 1 aromatic carbocycles. The second-order valence-corrected chi connectivity index (χ2v) is 6.36. The van der Waals surface area contributed by atoms with Gasteiger partial charge in [0.2, 0.25) is 5.91 Å². The van der Waals surface area contributed by atoms with Gasteiger partial charge in [-0.15, -0.1) is 0 Å². The highest BCUT2D eigenvalue weighted by molar-refractivity contribution is 5.80. The second-order valence-electron chi connectivity index (χ2n) is 6.36. The molecule has 5 heteroatoms. The zero-order chi connectivity index (χ0) is 16.1. The molecule has 3 amide bonds. The largest absolute Gasteiger partial charge is 0.337 e. The summed E-state index contributed by atoms with van der Waals surface area (Å²) in [4.78, 5) is 23.7. The first-order valence-corrected chi connectivity index (χ1v) is 8.24. The van der Waals surface area contributed by atoms with E-state index in [0.29, 0.717) is 19.5 Å². The normalized spacial score (nSPS) is 23.3. The first kappa shape index (κ1) is 15.6. The van der Waals surface area contributed by atoms with E-state index < -0.39 is 0 Å². The van der Waals surface area contributed by atoms with Crippen LogP contribution in [-0.4, -0.2) is 18.5 Å². The van der Waals surface area contributed by atoms with Crippen molar-refractivity contribution in [3.63, 3.8) is 0 Å². The molecular weight excluding hydrogens is 290 g/mol. The Balaban J connectivity index is 1.54. The third-order valence-electron chi connectivity index (χ3n) is 4.77. The van der Waals surface area contributed by atoms with Crippen LogP contribution < -0.4 is 16.0 Å². The van der Waals surface area contributed by atoms with Gasteiger partial charge in [0.25, 0.3) is 0 Å². The highest BCUT2D eigenvalue weighted by Gasteiger charge is 2.40. The molecule has 1 saturated heterocycles. The van der Waals surface area contributed by atoms with Crippen molar-refractivity contribution >= 4 is 11.9 Å². The monoisotopic (exact) mass is 313 g/mol. The summed E-state index contributed by atoms with van der Waals surface area (Å²) in [5, 5.41) is 8.86. The number of piperidine rings is 1. The fourth-order valence-corrected chi connectivity index (χ4v) is 3.41. The van der Waals surface area contributed by atoms with Gasteiger partial charge in [-0.3, -0.25) is 4.79 Å². The van der Waals surface area contributed by atoms with E-state index in [-0.39, 0.29) is 17.4 Å². The van der Waals surface area contributed by atoms with Gasteiger partial charge in [0.1, 0.15) is 0 Å². The topological polar surface area (TPSA) is 70.2 Å². The van der Waals surface area contributed by atoms with Crippen LogP contribution in [0.25, 0.3) is 0 Å². The van der Waals surface area contributed by atoms with Crippen molar-refractivity contribution in [1.82, 2.24) is 16.0 Å². The molecule has 3 N–H and O–H groups in total. The zero-order valence-corrected chi connectivity index (χ0v) is 13.2. The van der Waals surface area contributed by atoms with Crippen molar-refractivity contribution in [1.29, 1.82) is 0 Å². The van der Waals surface area contributed by atoms with Crippen molar-refractivity contribution in [2.45, 2.75) is 38.6 Å². The maximum Gasteiger partial charge on any atom is 0.315 e. The number of hydrogen-bond acceptors (Lipinski definition) is 2. The summed E-state index contributed by atoms with van der Waals surface area (Å²) in [6.45, 7) is 1.08. The maximum atomic E-state index is 12.1. The molecule has 0 saturated carbocycles. The van der Waals surface area contributed by atoms with E-state index in [1.54, 1.807) is 0 Å². The van der Waals surface area contributed by atoms with Gasteiger partial charge in [-0.2, -0.15) is 0 Å². The molecule has 1 aliphatic carbocycles. The zero-order valence-electron chi connectivity index (χ0n) is 13.2. The molecule has 0 aromatic heterocycles. The quantitative estimate of drug-likeness (QED) is 0.799. The van der Waals surface area contributed by atoms with Gasteiger partial charge in [0, 0.05) is 30.6 Å². The van der Waals surface area contributed by atoms with Gasteiger partial charge >= 0.3 is 6.03 Å². The summed E-state index contributed by atoms with van der Waals surface area (Å²) in [6, 6.07) is 9.67. The predicted molar refractivity (Wildman–Crippen MR) is 88.4 cm³/mol. The third kappa shape index (κ3) is 3.73. The Kier molecular flexibility index (Phi) is 4.65. The third-order valence-corrected chi connectivity index (χ3v) is 4.77. The molecule has 122 valence electrons. The Labute approximate surface area is 136 Å². The van der Waals surface area contributed by atoms with Crippen LogP contribution in [0.4, 0.5) is 4.79 Å². The molecule has 1 fully saturated rings. The Bertz CT molecular complexity index is 612. The van der Waals surface area contributed by atoms with Gasteiger partial charge in [-0.1, -0.05) is 36.4 Å². The average Bonchev–Trinajstić information content (AvgIpc) is 2.59. The van der Waals surface area contributed by atoms with E-state index in [9.17, 15) is 9.59 Å². The van der Waals surface area contributed by atoms with Crippen LogP contribution in [0.2, 0.25) is 0 Å². The number of hydrogen-bond donors (Lipinski definition) is 3. The van der Waals surface area contributed by atoms with Crippen LogP contribution in [0.1, 0.15) is 37.7 Å². The number of allylic oxidation sites excluding steroid dienone is 1. The molecule has 2 aliphatic rings. The SMILES string of the molecule is O=C1CCC2(CNC(=O)NCc3ccccc3)CCCC=C2N1. The highest BCUT2D eigenvalue weighted by atomic mass is 16.2. The fraction of sp³-hybridized carbons (Fsp3) is 0.444. The number of carbonyl (C=O) groups is 2. The maximum absolute atomic E-state index is 12.1. The number of amides is 3. The van der Waals surface area contributed by atoms with E-state index in [1.807, 2.05) is 30.3 Å². The molecule has 0 spiro atoms. The minimum absolute atomic E-state index is 0.0855. The van der Waals surface area contributed by atoms with Crippen LogP contribution in [0.5, 0.6) is 0 Å². The molecule has 23 heavy (non-hydrogen) atoms. The summed E-state index contributed by atoms with van der Waals surface area (Å²) in [6.07, 6.45) is 6.57. The average molecular weight is 313 g/mol. The molecule has 1 aliphatic heterocycles. The number of rotatable bonds is 4. The van der Waals surface area contributed by atoms with Crippen LogP contribution >= 0.6 is 0 Å². The number of benzene rings is 1. The first-order chi connectivity index (χ1) is 11.2. The van der Waals surface area contributed by atoms with Crippen LogP contribution in [-0.2, 0) is 11.3 Å². The number of fused-ring (bicyclic) bond motifs is 1. The molecule has 0 bridgehead atoms. The lowest BCUT2D eigenvalue weighted by molar-refractivity contribution is -0.122. The van der Waals surface area contributed by atoms with Crippen LogP contribution in [0.3, 0.4) is 0 Å². The van der Waals surface area contributed by atoms with Gasteiger partial charge < -0.3 is 16.0 Å². The molecular formula is C18H23N3O2. The van der Waals surface area contributed by atoms with Gasteiger partial charge in [0.15, 0.2) is 0 Å². The molecule has 1 atom stereocenters. The second kappa shape index (κ2) is 6.86. The molecule has 1 heterocycles. The Morgan fingerprint density at radius 1 is 1.17 bits per heavy atom. The van der Waals surface area contributed by atoms with Crippen molar-refractivity contribution < 1.29 is 9.59 Å². The van der Waals surface area contributed by atoms with E-state index in [4.69, 9.17) is 0 Å². The molecule has 3 rings (SSSR count). The number of urea groups is 1. The lowest BCUT2D eigenvalue weighted by Gasteiger charge is -2.42. The van der Waals surface area contributed by atoms with Crippen LogP contribution in [0, 0.1) is 5.41 Å². The smallest absolute Gasteiger partial charge is 0.315 e. The molecule has 1 unspecified atom stereocenters. The van der Waals surface area contributed by atoms with E-state index in [0.717, 1.165) is 36.9 Å². The highest BCUT2D eigenvalue weighted by Crippen LogP contribution is 2.42. The molecule has 0 radical (unpaired) electrons. The van der Waals surface area contributed by atoms with E-state index in [1.165, 1.54) is 0 Å². The van der Waals surface area contributed by atoms with E-state index in [2.05, 4.69) is 22.0 Å². The standard InChI is InChI=1S/C18H23N3O2/c22-16-9-11-18(10-5-4-8-15(18)21-16)13-20-17(23)19-12-14-6-2-1-3-7-14/h1-3,6-8H,4-5,9-13H2,(H,21,22)(H2,19,20,23). The van der Waals surface area contributed by atoms with Crippen LogP contribution in [0.15, 0.2) is 42.1 Å². The summed E-state index contributed by atoms with van der Waals surface area (Å²) in [7, 11) is 0. The first-order valence-electron chi connectivity index (χ1n) is 8.24. The summed E-state index contributed by atoms with van der Waals surface area (Å²) in [5.41, 5.74) is 1.98. The summed E-state index contributed by atoms with van der Waals surface area (Å²) < 4.78 is 0. The molecule has 5 nitrogen and oxygen atoms in total. The van der Waals surface area contributed by atoms with Gasteiger partial charge in [-0.05, 0) is 31.2 Å². The number of carbonyl (C=O) groups excluding carboxylic acids is 2. The minimum Gasteiger partial charge on any atom is -0.337 e. The predicted octanol–water partition coefficient (Wildman–Crippen LogP) is 2.45. The Morgan fingerprint density at radius 2 is 2.00 bits per heavy atom. The van der Waals surface area contributed by atoms with Crippen molar-refractivity contribution in [3.8, 4) is 0 Å². The Morgan fingerprint density at radius 3 is 2.83 bits per heavy atom. The summed E-state index contributed by atoms with van der Waals surface area (Å²) in [5.74, 6) is 0.0855. The lowest BCUT2D eigenvalue weighted by Crippen LogP contribution is -2.50. The summed E-state index contributed by atoms with van der Waals surface area (Å²) >= 11 is 0. The van der Waals surface area contributed by atoms with Gasteiger partial charge in [0.05, 0.1) is 0 Å². The Hall–Kier alpha value is -2.30. The van der Waals surface area contributed by atoms with E-state index >= 15 is 0 Å². The van der Waals surface area contributed by atoms with Crippen molar-refractivity contribution in [2.75, 3.05) is 6.54 Å². The minimum atomic E-state index is -0.162. The molecule has 1 aromatic rings. The van der Waals surface area contributed by atoms with Gasteiger partial charge in [-0.25, -0.2) is 4.79 Å².